The molecule has 0 spiro atoms. The van der Waals surface area contributed by atoms with Crippen LogP contribution in [-0.4, -0.2) is 21.9 Å². The lowest BCUT2D eigenvalue weighted by Gasteiger charge is -2.04. The zero-order valence-corrected chi connectivity index (χ0v) is 10.1. The predicted molar refractivity (Wildman–Crippen MR) is 65.9 cm³/mol. The standard InChI is InChI=1S/C12H16N4O/c1-3-11-14-12(13)16(15-11)8-9-4-6-10(17-2)7-5-9/h4-7H,3,8H2,1-2H3,(H2,13,14,15). The van der Waals surface area contributed by atoms with Crippen molar-refractivity contribution in [3.63, 3.8) is 0 Å². The van der Waals surface area contributed by atoms with E-state index in [1.165, 1.54) is 0 Å². The van der Waals surface area contributed by atoms with E-state index >= 15 is 0 Å². The molecule has 17 heavy (non-hydrogen) atoms. The van der Waals surface area contributed by atoms with E-state index in [0.29, 0.717) is 12.5 Å². The van der Waals surface area contributed by atoms with E-state index in [9.17, 15) is 0 Å². The molecule has 0 atom stereocenters. The van der Waals surface area contributed by atoms with Crippen LogP contribution in [0.1, 0.15) is 18.3 Å². The van der Waals surface area contributed by atoms with Gasteiger partial charge in [-0.3, -0.25) is 0 Å². The van der Waals surface area contributed by atoms with Gasteiger partial charge in [-0.15, -0.1) is 0 Å². The second-order valence-corrected chi connectivity index (χ2v) is 3.75. The van der Waals surface area contributed by atoms with Crippen molar-refractivity contribution in [1.29, 1.82) is 0 Å². The quantitative estimate of drug-likeness (QED) is 0.867. The van der Waals surface area contributed by atoms with Gasteiger partial charge in [-0.1, -0.05) is 19.1 Å². The van der Waals surface area contributed by atoms with Crippen molar-refractivity contribution < 1.29 is 4.74 Å². The monoisotopic (exact) mass is 232 g/mol. The summed E-state index contributed by atoms with van der Waals surface area (Å²) in [6.45, 7) is 2.63. The minimum Gasteiger partial charge on any atom is -0.497 e. The van der Waals surface area contributed by atoms with Gasteiger partial charge in [0.2, 0.25) is 5.95 Å². The van der Waals surface area contributed by atoms with Crippen molar-refractivity contribution in [2.75, 3.05) is 12.8 Å². The Hall–Kier alpha value is -2.04. The predicted octanol–water partition coefficient (Wildman–Crippen LogP) is 1.48. The highest BCUT2D eigenvalue weighted by atomic mass is 16.5. The van der Waals surface area contributed by atoms with Gasteiger partial charge in [0.25, 0.3) is 0 Å². The molecule has 1 aromatic heterocycles. The lowest BCUT2D eigenvalue weighted by Crippen LogP contribution is -2.06. The van der Waals surface area contributed by atoms with Crippen LogP contribution in [0.4, 0.5) is 5.95 Å². The minimum atomic E-state index is 0.456. The van der Waals surface area contributed by atoms with Crippen LogP contribution in [0.25, 0.3) is 0 Å². The molecule has 2 N–H and O–H groups in total. The summed E-state index contributed by atoms with van der Waals surface area (Å²) in [5, 5.41) is 4.32. The first kappa shape index (κ1) is 11.4. The van der Waals surface area contributed by atoms with Gasteiger partial charge in [0.1, 0.15) is 5.75 Å². The van der Waals surface area contributed by atoms with E-state index in [1.807, 2.05) is 31.2 Å². The summed E-state index contributed by atoms with van der Waals surface area (Å²) in [7, 11) is 1.65. The molecule has 2 rings (SSSR count). The summed E-state index contributed by atoms with van der Waals surface area (Å²) >= 11 is 0. The molecule has 5 nitrogen and oxygen atoms in total. The summed E-state index contributed by atoms with van der Waals surface area (Å²) in [5.41, 5.74) is 6.90. The molecule has 0 aliphatic carbocycles. The summed E-state index contributed by atoms with van der Waals surface area (Å²) in [4.78, 5) is 4.16. The van der Waals surface area contributed by atoms with Crippen LogP contribution in [0, 0.1) is 0 Å². The molecule has 2 aromatic rings. The van der Waals surface area contributed by atoms with Crippen molar-refractivity contribution in [3.05, 3.63) is 35.7 Å². The number of anilines is 1. The minimum absolute atomic E-state index is 0.456. The Bertz CT molecular complexity index is 490. The fraction of sp³-hybridized carbons (Fsp3) is 0.333. The number of rotatable bonds is 4. The molecule has 0 amide bonds. The summed E-state index contributed by atoms with van der Waals surface area (Å²) in [6, 6.07) is 7.82. The molecule has 0 fully saturated rings. The first-order valence-corrected chi connectivity index (χ1v) is 5.55. The molecule has 0 aliphatic rings. The van der Waals surface area contributed by atoms with Crippen molar-refractivity contribution in [1.82, 2.24) is 14.8 Å². The molecular formula is C12H16N4O. The number of methoxy groups -OCH3 is 1. The number of aryl methyl sites for hydroxylation is 1. The van der Waals surface area contributed by atoms with Crippen molar-refractivity contribution in [2.45, 2.75) is 19.9 Å². The second-order valence-electron chi connectivity index (χ2n) is 3.75. The van der Waals surface area contributed by atoms with Gasteiger partial charge in [0.15, 0.2) is 5.82 Å². The molecule has 0 unspecified atom stereocenters. The number of nitrogen functional groups attached to an aromatic ring is 1. The van der Waals surface area contributed by atoms with E-state index in [4.69, 9.17) is 10.5 Å². The van der Waals surface area contributed by atoms with Crippen LogP contribution in [-0.2, 0) is 13.0 Å². The van der Waals surface area contributed by atoms with E-state index in [-0.39, 0.29) is 0 Å². The van der Waals surface area contributed by atoms with Crippen LogP contribution in [0.5, 0.6) is 5.75 Å². The Morgan fingerprint density at radius 3 is 2.53 bits per heavy atom. The van der Waals surface area contributed by atoms with Crippen molar-refractivity contribution >= 4 is 5.95 Å². The van der Waals surface area contributed by atoms with Gasteiger partial charge in [0.05, 0.1) is 13.7 Å². The molecule has 0 aliphatic heterocycles. The second kappa shape index (κ2) is 4.86. The zero-order valence-electron chi connectivity index (χ0n) is 10.1. The van der Waals surface area contributed by atoms with Gasteiger partial charge < -0.3 is 10.5 Å². The average Bonchev–Trinajstić information content (AvgIpc) is 2.71. The van der Waals surface area contributed by atoms with E-state index in [2.05, 4.69) is 10.1 Å². The van der Waals surface area contributed by atoms with Gasteiger partial charge in [0, 0.05) is 6.42 Å². The third-order valence-electron chi connectivity index (χ3n) is 2.55. The van der Waals surface area contributed by atoms with Gasteiger partial charge >= 0.3 is 0 Å². The van der Waals surface area contributed by atoms with E-state index in [1.54, 1.807) is 11.8 Å². The van der Waals surface area contributed by atoms with Gasteiger partial charge in [-0.25, -0.2) is 4.68 Å². The maximum absolute atomic E-state index is 5.79. The highest BCUT2D eigenvalue weighted by molar-refractivity contribution is 5.28. The SMILES string of the molecule is CCc1nc(N)n(Cc2ccc(OC)cc2)n1. The smallest absolute Gasteiger partial charge is 0.219 e. The van der Waals surface area contributed by atoms with Crippen LogP contribution in [0.2, 0.25) is 0 Å². The van der Waals surface area contributed by atoms with Gasteiger partial charge in [-0.2, -0.15) is 10.1 Å². The molecule has 0 radical (unpaired) electrons. The largest absolute Gasteiger partial charge is 0.497 e. The van der Waals surface area contributed by atoms with Crippen LogP contribution < -0.4 is 10.5 Å². The van der Waals surface area contributed by atoms with E-state index < -0.39 is 0 Å². The Balaban J connectivity index is 2.16. The Labute approximate surface area is 100 Å². The van der Waals surface area contributed by atoms with Gasteiger partial charge in [-0.05, 0) is 17.7 Å². The highest BCUT2D eigenvalue weighted by Gasteiger charge is 2.05. The number of aromatic nitrogens is 3. The van der Waals surface area contributed by atoms with E-state index in [0.717, 1.165) is 23.6 Å². The highest BCUT2D eigenvalue weighted by Crippen LogP contribution is 2.13. The molecule has 5 heteroatoms. The first-order chi connectivity index (χ1) is 8.22. The van der Waals surface area contributed by atoms with Crippen molar-refractivity contribution in [3.8, 4) is 5.75 Å². The number of nitrogens with zero attached hydrogens (tertiary/aromatic N) is 3. The number of hydrogen-bond donors (Lipinski definition) is 1. The molecule has 90 valence electrons. The van der Waals surface area contributed by atoms with Crippen LogP contribution in [0.3, 0.4) is 0 Å². The first-order valence-electron chi connectivity index (χ1n) is 5.55. The van der Waals surface area contributed by atoms with Crippen molar-refractivity contribution in [2.24, 2.45) is 0 Å². The molecular weight excluding hydrogens is 216 g/mol. The average molecular weight is 232 g/mol. The lowest BCUT2D eigenvalue weighted by atomic mass is 10.2. The third kappa shape index (κ3) is 2.55. The maximum atomic E-state index is 5.79. The zero-order chi connectivity index (χ0) is 12.3. The lowest BCUT2D eigenvalue weighted by molar-refractivity contribution is 0.414. The summed E-state index contributed by atoms with van der Waals surface area (Å²) < 4.78 is 6.81. The number of benzene rings is 1. The summed E-state index contributed by atoms with van der Waals surface area (Å²) in [5.74, 6) is 2.07. The Morgan fingerprint density at radius 2 is 2.00 bits per heavy atom. The number of hydrogen-bond acceptors (Lipinski definition) is 4. The molecule has 0 saturated heterocycles. The molecule has 1 heterocycles. The topological polar surface area (TPSA) is 66.0 Å². The fourth-order valence-corrected chi connectivity index (χ4v) is 1.57. The Kier molecular flexibility index (Phi) is 3.27. The third-order valence-corrected chi connectivity index (χ3v) is 2.55. The Morgan fingerprint density at radius 1 is 1.29 bits per heavy atom. The number of nitrogens with two attached hydrogens (primary N) is 1. The molecule has 1 aromatic carbocycles. The van der Waals surface area contributed by atoms with Crippen LogP contribution in [0.15, 0.2) is 24.3 Å². The molecule has 0 saturated carbocycles. The fourth-order valence-electron chi connectivity index (χ4n) is 1.57. The maximum Gasteiger partial charge on any atom is 0.219 e. The number of ether oxygens (including phenoxy) is 1. The molecule has 0 bridgehead atoms. The normalized spacial score (nSPS) is 10.5. The van der Waals surface area contributed by atoms with Crippen LogP contribution >= 0.6 is 0 Å². The summed E-state index contributed by atoms with van der Waals surface area (Å²) in [6.07, 6.45) is 0.791.